The Kier molecular flexibility index (Phi) is 5.54. The topological polar surface area (TPSA) is 71.2 Å². The molecule has 1 atom stereocenters. The number of carbonyl (C=O) groups is 1. The highest BCUT2D eigenvalue weighted by atomic mass is 16.5. The molecule has 2 heterocycles. The first kappa shape index (κ1) is 20.8. The third-order valence-corrected chi connectivity index (χ3v) is 6.15. The monoisotopic (exact) mass is 436 g/mol. The Labute approximate surface area is 192 Å². The molecule has 0 N–H and O–H groups in total. The smallest absolute Gasteiger partial charge is 0.227 e. The minimum Gasteiger partial charge on any atom is -0.486 e. The predicted octanol–water partition coefficient (Wildman–Crippen LogP) is 5.22. The van der Waals surface area contributed by atoms with E-state index >= 15 is 0 Å². The number of amides is 1. The maximum absolute atomic E-state index is 12.0. The molecular formula is C27H24N4O2. The van der Waals surface area contributed by atoms with Gasteiger partial charge in [-0.1, -0.05) is 30.3 Å². The minimum atomic E-state index is 0.0206. The Morgan fingerprint density at radius 1 is 1.09 bits per heavy atom. The van der Waals surface area contributed by atoms with E-state index in [4.69, 9.17) is 9.72 Å². The van der Waals surface area contributed by atoms with Crippen molar-refractivity contribution in [1.82, 2.24) is 9.55 Å². The third kappa shape index (κ3) is 4.06. The van der Waals surface area contributed by atoms with E-state index in [9.17, 15) is 10.1 Å². The number of benzene rings is 3. The number of nitrogens with zero attached hydrogens (tertiary/aromatic N) is 4. The van der Waals surface area contributed by atoms with Gasteiger partial charge >= 0.3 is 0 Å². The Bertz CT molecular complexity index is 1340. The summed E-state index contributed by atoms with van der Waals surface area (Å²) in [5.74, 6) is 1.67. The highest BCUT2D eigenvalue weighted by Crippen LogP contribution is 2.28. The molecule has 6 heteroatoms. The molecule has 0 spiro atoms. The third-order valence-electron chi connectivity index (χ3n) is 6.15. The van der Waals surface area contributed by atoms with Crippen LogP contribution in [0.1, 0.15) is 42.8 Å². The molecule has 4 aromatic rings. The average Bonchev–Trinajstić information content (AvgIpc) is 3.45. The quantitative estimate of drug-likeness (QED) is 0.415. The fourth-order valence-electron chi connectivity index (χ4n) is 4.42. The molecule has 33 heavy (non-hydrogen) atoms. The number of fused-ring (bicyclic) bond motifs is 1. The fourth-order valence-corrected chi connectivity index (χ4v) is 4.42. The van der Waals surface area contributed by atoms with Crippen LogP contribution < -0.4 is 9.64 Å². The van der Waals surface area contributed by atoms with Crippen molar-refractivity contribution < 1.29 is 9.53 Å². The van der Waals surface area contributed by atoms with Crippen LogP contribution in [-0.2, 0) is 11.4 Å². The van der Waals surface area contributed by atoms with E-state index in [1.165, 1.54) is 0 Å². The van der Waals surface area contributed by atoms with Gasteiger partial charge in [0.05, 0.1) is 28.7 Å². The highest BCUT2D eigenvalue weighted by molar-refractivity contribution is 5.95. The Hall–Kier alpha value is -4.11. The van der Waals surface area contributed by atoms with Crippen molar-refractivity contribution in [2.75, 3.05) is 11.4 Å². The highest BCUT2D eigenvalue weighted by Gasteiger charge is 2.22. The summed E-state index contributed by atoms with van der Waals surface area (Å²) in [4.78, 5) is 18.6. The fraction of sp³-hybridized carbons (Fsp3) is 0.222. The Morgan fingerprint density at radius 2 is 1.88 bits per heavy atom. The van der Waals surface area contributed by atoms with Crippen LogP contribution in [0.4, 0.5) is 5.69 Å². The molecule has 0 radical (unpaired) electrons. The molecule has 0 aliphatic carbocycles. The summed E-state index contributed by atoms with van der Waals surface area (Å²) in [7, 11) is 0. The van der Waals surface area contributed by atoms with Crippen molar-refractivity contribution in [3.05, 3.63) is 89.7 Å². The van der Waals surface area contributed by atoms with E-state index in [-0.39, 0.29) is 18.6 Å². The van der Waals surface area contributed by atoms with Crippen LogP contribution >= 0.6 is 0 Å². The lowest BCUT2D eigenvalue weighted by molar-refractivity contribution is -0.117. The van der Waals surface area contributed by atoms with Gasteiger partial charge in [-0.05, 0) is 61.4 Å². The lowest BCUT2D eigenvalue weighted by Gasteiger charge is -2.19. The maximum Gasteiger partial charge on any atom is 0.227 e. The summed E-state index contributed by atoms with van der Waals surface area (Å²) in [5, 5.41) is 9.39. The number of aromatic nitrogens is 2. The number of rotatable bonds is 6. The molecule has 5 rings (SSSR count). The number of hydrogen-bond donors (Lipinski definition) is 0. The molecule has 1 aromatic heterocycles. The second-order valence-corrected chi connectivity index (χ2v) is 8.23. The largest absolute Gasteiger partial charge is 0.486 e. The molecule has 1 fully saturated rings. The molecule has 164 valence electrons. The van der Waals surface area contributed by atoms with Crippen LogP contribution in [0.15, 0.2) is 72.8 Å². The van der Waals surface area contributed by atoms with Crippen molar-refractivity contribution in [1.29, 1.82) is 5.26 Å². The number of carbonyl (C=O) groups excluding carboxylic acids is 1. The van der Waals surface area contributed by atoms with E-state index in [1.54, 1.807) is 6.07 Å². The van der Waals surface area contributed by atoms with Gasteiger partial charge in [0.1, 0.15) is 18.2 Å². The second-order valence-electron chi connectivity index (χ2n) is 8.23. The molecule has 6 nitrogen and oxygen atoms in total. The van der Waals surface area contributed by atoms with E-state index in [0.29, 0.717) is 17.7 Å². The van der Waals surface area contributed by atoms with Crippen LogP contribution in [0.25, 0.3) is 11.0 Å². The Morgan fingerprint density at radius 3 is 2.58 bits per heavy atom. The number of hydrogen-bond acceptors (Lipinski definition) is 4. The van der Waals surface area contributed by atoms with Crippen molar-refractivity contribution >= 4 is 22.6 Å². The van der Waals surface area contributed by atoms with Crippen LogP contribution in [0, 0.1) is 11.3 Å². The first-order valence-corrected chi connectivity index (χ1v) is 11.1. The zero-order chi connectivity index (χ0) is 22.8. The van der Waals surface area contributed by atoms with Gasteiger partial charge in [0.15, 0.2) is 0 Å². The van der Waals surface area contributed by atoms with E-state index in [1.807, 2.05) is 59.5 Å². The first-order chi connectivity index (χ1) is 16.1. The molecule has 0 saturated carbocycles. The summed E-state index contributed by atoms with van der Waals surface area (Å²) in [6, 6.07) is 25.7. The van der Waals surface area contributed by atoms with Gasteiger partial charge in [0.2, 0.25) is 5.91 Å². The summed E-state index contributed by atoms with van der Waals surface area (Å²) in [6.45, 7) is 3.18. The van der Waals surface area contributed by atoms with Gasteiger partial charge in [-0.25, -0.2) is 4.98 Å². The minimum absolute atomic E-state index is 0.0206. The molecular weight excluding hydrogens is 412 g/mol. The van der Waals surface area contributed by atoms with E-state index in [0.717, 1.165) is 41.1 Å². The van der Waals surface area contributed by atoms with Crippen molar-refractivity contribution in [3.8, 4) is 11.8 Å². The van der Waals surface area contributed by atoms with Crippen molar-refractivity contribution in [3.63, 3.8) is 0 Å². The number of imidazole rings is 1. The summed E-state index contributed by atoms with van der Waals surface area (Å²) < 4.78 is 8.24. The molecule has 1 amide bonds. The zero-order valence-electron chi connectivity index (χ0n) is 18.4. The van der Waals surface area contributed by atoms with Gasteiger partial charge in [0, 0.05) is 18.7 Å². The van der Waals surface area contributed by atoms with Gasteiger partial charge in [-0.3, -0.25) is 4.79 Å². The molecule has 0 bridgehead atoms. The van der Waals surface area contributed by atoms with Gasteiger partial charge in [0.25, 0.3) is 0 Å². The molecule has 1 aliphatic rings. The van der Waals surface area contributed by atoms with Crippen LogP contribution in [0.2, 0.25) is 0 Å². The molecule has 0 unspecified atom stereocenters. The summed E-state index contributed by atoms with van der Waals surface area (Å²) in [6.07, 6.45) is 1.52. The predicted molar refractivity (Wildman–Crippen MR) is 127 cm³/mol. The van der Waals surface area contributed by atoms with Crippen molar-refractivity contribution in [2.24, 2.45) is 0 Å². The molecule has 1 aliphatic heterocycles. The van der Waals surface area contributed by atoms with Gasteiger partial charge in [-0.15, -0.1) is 0 Å². The lowest BCUT2D eigenvalue weighted by atomic mass is 10.1. The Balaban J connectivity index is 1.44. The summed E-state index contributed by atoms with van der Waals surface area (Å²) in [5.41, 5.74) is 4.40. The van der Waals surface area contributed by atoms with Crippen LogP contribution in [0.3, 0.4) is 0 Å². The van der Waals surface area contributed by atoms with E-state index < -0.39 is 0 Å². The second kappa shape index (κ2) is 8.79. The van der Waals surface area contributed by atoms with Crippen molar-refractivity contribution in [2.45, 2.75) is 32.4 Å². The van der Waals surface area contributed by atoms with Gasteiger partial charge < -0.3 is 14.2 Å². The molecule has 1 saturated heterocycles. The SMILES string of the molecule is C[C@H](c1ccccc1)n1c(COc2ccc(N3CCCC3=O)cc2)nc2ccc(C#N)cc21. The normalized spacial score (nSPS) is 14.4. The maximum atomic E-state index is 12.0. The average molecular weight is 437 g/mol. The van der Waals surface area contributed by atoms with Crippen LogP contribution in [0.5, 0.6) is 5.75 Å². The lowest BCUT2D eigenvalue weighted by Crippen LogP contribution is -2.23. The standard InChI is InChI=1S/C27H24N4O2/c1-19(21-6-3-2-4-7-21)31-25-16-20(17-28)9-14-24(25)29-26(31)18-33-23-12-10-22(11-13-23)30-15-5-8-27(30)32/h2-4,6-7,9-14,16,19H,5,8,15,18H2,1H3/t19-/m1/s1. The number of ether oxygens (including phenoxy) is 1. The molecule has 3 aromatic carbocycles. The van der Waals surface area contributed by atoms with Crippen LogP contribution in [-0.4, -0.2) is 22.0 Å². The number of anilines is 1. The van der Waals surface area contributed by atoms with Gasteiger partial charge in [-0.2, -0.15) is 5.26 Å². The number of nitriles is 1. The zero-order valence-corrected chi connectivity index (χ0v) is 18.4. The van der Waals surface area contributed by atoms with E-state index in [2.05, 4.69) is 29.7 Å². The summed E-state index contributed by atoms with van der Waals surface area (Å²) >= 11 is 0. The first-order valence-electron chi connectivity index (χ1n) is 11.1.